The molecule has 0 atom stereocenters. The first kappa shape index (κ1) is 18.4. The van der Waals surface area contributed by atoms with Gasteiger partial charge in [-0.15, -0.1) is 5.10 Å². The van der Waals surface area contributed by atoms with Crippen LogP contribution in [0, 0.1) is 12.7 Å². The predicted molar refractivity (Wildman–Crippen MR) is 103 cm³/mol. The lowest BCUT2D eigenvalue weighted by atomic mass is 10.1. The first-order valence-electron chi connectivity index (χ1n) is 8.39. The molecule has 6 nitrogen and oxygen atoms in total. The normalized spacial score (nSPS) is 11.5. The van der Waals surface area contributed by atoms with Gasteiger partial charge in [-0.3, -0.25) is 9.48 Å². The average Bonchev–Trinajstić information content (AvgIpc) is 3.24. The molecule has 2 N–H and O–H groups in total. The van der Waals surface area contributed by atoms with Crippen LogP contribution in [0.4, 0.5) is 10.1 Å². The number of aryl methyl sites for hydroxylation is 2. The molecule has 0 radical (unpaired) electrons. The number of ether oxygens (including phenoxy) is 1. The van der Waals surface area contributed by atoms with Crippen LogP contribution in [0.5, 0.6) is 5.88 Å². The third kappa shape index (κ3) is 4.08. The Hall–Kier alpha value is -3.35. The Balaban J connectivity index is 1.79. The number of rotatable bonds is 5. The number of anilines is 1. The molecule has 1 amide bonds. The van der Waals surface area contributed by atoms with Crippen LogP contribution in [-0.4, -0.2) is 27.8 Å². The van der Waals surface area contributed by atoms with Gasteiger partial charge in [-0.1, -0.05) is 6.07 Å². The predicted octanol–water partition coefficient (Wildman–Crippen LogP) is 3.91. The molecule has 3 aromatic rings. The van der Waals surface area contributed by atoms with Crippen LogP contribution >= 0.6 is 0 Å². The van der Waals surface area contributed by atoms with Crippen molar-refractivity contribution in [2.45, 2.75) is 13.8 Å². The lowest BCUT2D eigenvalue weighted by Crippen LogP contribution is -2.13. The Labute approximate surface area is 156 Å². The van der Waals surface area contributed by atoms with Crippen LogP contribution in [0.25, 0.3) is 17.3 Å². The molecule has 2 aromatic heterocycles. The summed E-state index contributed by atoms with van der Waals surface area (Å²) in [4.78, 5) is 15.5. The summed E-state index contributed by atoms with van der Waals surface area (Å²) >= 11 is 0. The van der Waals surface area contributed by atoms with E-state index in [1.54, 1.807) is 43.1 Å². The number of aromatic amines is 1. The molecule has 0 spiro atoms. The number of hydrogen-bond acceptors (Lipinski definition) is 3. The first-order chi connectivity index (χ1) is 12.9. The van der Waals surface area contributed by atoms with Crippen molar-refractivity contribution in [3.63, 3.8) is 0 Å². The van der Waals surface area contributed by atoms with Gasteiger partial charge < -0.3 is 15.0 Å². The minimum Gasteiger partial charge on any atom is -0.479 e. The van der Waals surface area contributed by atoms with Gasteiger partial charge >= 0.3 is 0 Å². The summed E-state index contributed by atoms with van der Waals surface area (Å²) in [6, 6.07) is 6.48. The van der Waals surface area contributed by atoms with Crippen molar-refractivity contribution < 1.29 is 13.9 Å². The number of halogens is 1. The highest BCUT2D eigenvalue weighted by molar-refractivity contribution is 6.06. The second kappa shape index (κ2) is 7.49. The van der Waals surface area contributed by atoms with E-state index >= 15 is 0 Å². The van der Waals surface area contributed by atoms with Gasteiger partial charge in [-0.05, 0) is 49.2 Å². The zero-order valence-corrected chi connectivity index (χ0v) is 15.6. The number of H-pyrrole nitrogens is 1. The molecule has 0 fully saturated rings. The second-order valence-electron chi connectivity index (χ2n) is 6.34. The van der Waals surface area contributed by atoms with Crippen molar-refractivity contribution in [3.05, 3.63) is 59.2 Å². The molecular formula is C20H21FN4O2. The summed E-state index contributed by atoms with van der Waals surface area (Å²) < 4.78 is 20.8. The molecule has 7 heteroatoms. The first-order valence-corrected chi connectivity index (χ1v) is 8.39. The van der Waals surface area contributed by atoms with Crippen molar-refractivity contribution in [3.8, 4) is 17.1 Å². The van der Waals surface area contributed by atoms with Crippen LogP contribution in [0.2, 0.25) is 0 Å². The average molecular weight is 368 g/mol. The standard InChI is InChI=1S/C20H21FN4O2/c1-12-5-6-16(21)18(7-12)23-19(26)13(2)8-14-9-17(22-10-14)15-11-25(3)24-20(15)27-4/h5-11,22H,1-4H3,(H,23,26)/b13-8+. The summed E-state index contributed by atoms with van der Waals surface area (Å²) in [7, 11) is 3.38. The van der Waals surface area contributed by atoms with Crippen molar-refractivity contribution in [1.29, 1.82) is 0 Å². The number of carbonyl (C=O) groups excluding carboxylic acids is 1. The van der Waals surface area contributed by atoms with Crippen molar-refractivity contribution in [2.75, 3.05) is 12.4 Å². The van der Waals surface area contributed by atoms with E-state index in [4.69, 9.17) is 4.74 Å². The molecule has 0 saturated carbocycles. The topological polar surface area (TPSA) is 71.9 Å². The van der Waals surface area contributed by atoms with E-state index in [1.807, 2.05) is 26.2 Å². The Kier molecular flexibility index (Phi) is 5.12. The van der Waals surface area contributed by atoms with Gasteiger partial charge in [0.05, 0.1) is 24.1 Å². The Morgan fingerprint density at radius 1 is 1.37 bits per heavy atom. The molecular weight excluding hydrogens is 347 g/mol. The third-order valence-electron chi connectivity index (χ3n) is 4.10. The number of aromatic nitrogens is 3. The summed E-state index contributed by atoms with van der Waals surface area (Å²) in [6.45, 7) is 3.52. The maximum absolute atomic E-state index is 13.8. The number of nitrogens with one attached hydrogen (secondary N) is 2. The van der Waals surface area contributed by atoms with Crippen LogP contribution in [0.1, 0.15) is 18.1 Å². The number of carbonyl (C=O) groups is 1. The molecule has 0 aliphatic carbocycles. The van der Waals surface area contributed by atoms with Crippen molar-refractivity contribution in [1.82, 2.24) is 14.8 Å². The van der Waals surface area contributed by atoms with E-state index in [0.717, 1.165) is 22.4 Å². The number of benzene rings is 1. The maximum atomic E-state index is 13.8. The van der Waals surface area contributed by atoms with E-state index in [2.05, 4.69) is 15.4 Å². The van der Waals surface area contributed by atoms with Gasteiger partial charge in [0.2, 0.25) is 5.88 Å². The quantitative estimate of drug-likeness (QED) is 0.671. The molecule has 0 saturated heterocycles. The molecule has 140 valence electrons. The lowest BCUT2D eigenvalue weighted by molar-refractivity contribution is -0.112. The monoisotopic (exact) mass is 368 g/mol. The number of hydrogen-bond donors (Lipinski definition) is 2. The molecule has 3 rings (SSSR count). The SMILES string of the molecule is COc1nn(C)cc1-c1cc(/C=C(\C)C(=O)Nc2cc(C)ccc2F)c[nH]1. The Morgan fingerprint density at radius 3 is 2.89 bits per heavy atom. The van der Waals surface area contributed by atoms with Gasteiger partial charge in [0.15, 0.2) is 0 Å². The number of methoxy groups -OCH3 is 1. The number of nitrogens with zero attached hydrogens (tertiary/aromatic N) is 2. The van der Waals surface area contributed by atoms with E-state index in [0.29, 0.717) is 11.5 Å². The fourth-order valence-corrected chi connectivity index (χ4v) is 2.72. The fraction of sp³-hybridized carbons (Fsp3) is 0.200. The van der Waals surface area contributed by atoms with Crippen molar-refractivity contribution in [2.24, 2.45) is 7.05 Å². The third-order valence-corrected chi connectivity index (χ3v) is 4.10. The van der Waals surface area contributed by atoms with Crippen molar-refractivity contribution >= 4 is 17.7 Å². The highest BCUT2D eigenvalue weighted by Gasteiger charge is 2.13. The Morgan fingerprint density at radius 2 is 2.15 bits per heavy atom. The molecule has 0 bridgehead atoms. The van der Waals surface area contributed by atoms with Crippen LogP contribution < -0.4 is 10.1 Å². The Bertz CT molecular complexity index is 1020. The molecule has 1 aromatic carbocycles. The second-order valence-corrected chi connectivity index (χ2v) is 6.34. The van der Waals surface area contributed by atoms with Crippen LogP contribution in [0.3, 0.4) is 0 Å². The van der Waals surface area contributed by atoms with Crippen LogP contribution in [-0.2, 0) is 11.8 Å². The summed E-state index contributed by atoms with van der Waals surface area (Å²) in [5.74, 6) is -0.310. The largest absolute Gasteiger partial charge is 0.479 e. The highest BCUT2D eigenvalue weighted by Crippen LogP contribution is 2.28. The van der Waals surface area contributed by atoms with Gasteiger partial charge in [-0.25, -0.2) is 4.39 Å². The molecule has 0 unspecified atom stereocenters. The van der Waals surface area contributed by atoms with Gasteiger partial charge in [0.1, 0.15) is 5.82 Å². The summed E-state index contributed by atoms with van der Waals surface area (Å²) in [6.07, 6.45) is 5.36. The summed E-state index contributed by atoms with van der Waals surface area (Å²) in [5, 5.41) is 6.83. The van der Waals surface area contributed by atoms with E-state index in [-0.39, 0.29) is 11.6 Å². The van der Waals surface area contributed by atoms with E-state index < -0.39 is 5.82 Å². The zero-order valence-electron chi connectivity index (χ0n) is 15.6. The highest BCUT2D eigenvalue weighted by atomic mass is 19.1. The van der Waals surface area contributed by atoms with E-state index in [9.17, 15) is 9.18 Å². The summed E-state index contributed by atoms with van der Waals surface area (Å²) in [5.41, 5.74) is 3.96. The lowest BCUT2D eigenvalue weighted by Gasteiger charge is -2.07. The zero-order chi connectivity index (χ0) is 19.6. The molecule has 27 heavy (non-hydrogen) atoms. The number of amides is 1. The van der Waals surface area contributed by atoms with Crippen LogP contribution in [0.15, 0.2) is 42.2 Å². The minimum atomic E-state index is -0.464. The van der Waals surface area contributed by atoms with Gasteiger partial charge in [0, 0.05) is 25.0 Å². The minimum absolute atomic E-state index is 0.169. The van der Waals surface area contributed by atoms with Gasteiger partial charge in [0.25, 0.3) is 5.91 Å². The molecule has 2 heterocycles. The fourth-order valence-electron chi connectivity index (χ4n) is 2.72. The molecule has 0 aliphatic rings. The van der Waals surface area contributed by atoms with Gasteiger partial charge in [-0.2, -0.15) is 0 Å². The maximum Gasteiger partial charge on any atom is 0.251 e. The molecule has 0 aliphatic heterocycles. The smallest absolute Gasteiger partial charge is 0.251 e. The van der Waals surface area contributed by atoms with E-state index in [1.165, 1.54) is 6.07 Å².